The minimum atomic E-state index is -1.61. The van der Waals surface area contributed by atoms with Crippen LogP contribution in [0.5, 0.6) is 17.2 Å². The van der Waals surface area contributed by atoms with E-state index in [1.807, 2.05) is 43.3 Å². The quantitative estimate of drug-likeness (QED) is 0.123. The van der Waals surface area contributed by atoms with Crippen LogP contribution in [0.3, 0.4) is 0 Å². The van der Waals surface area contributed by atoms with Gasteiger partial charge in [0, 0.05) is 55.8 Å². The number of piperidine rings is 1. The van der Waals surface area contributed by atoms with Gasteiger partial charge < -0.3 is 40.8 Å². The van der Waals surface area contributed by atoms with Gasteiger partial charge in [-0.15, -0.1) is 0 Å². The van der Waals surface area contributed by atoms with Crippen LogP contribution in [0.4, 0.5) is 0 Å². The van der Waals surface area contributed by atoms with Crippen molar-refractivity contribution < 1.29 is 34.0 Å². The highest BCUT2D eigenvalue weighted by Gasteiger charge is 2.39. The number of amides is 1. The number of halogens is 1. The van der Waals surface area contributed by atoms with E-state index in [2.05, 4.69) is 16.0 Å². The standard InChI is InChI=1S/C37H41ClN4O7/c1-24-27(23-49-34-18-33(28(19-39)17-32(34)38)48-22-25-15-29(35(40)43)21-41-20-25)6-3-8-31(24)26-5-2-7-30(16-26)47-14-4-11-42-12-9-37(46,10-13-42)36(44)45/h2-3,5-8,15-18,20-21,46H,4,9-14,19,22-23,39H2,1H3,(H2,40,43)(H,44,45). The Morgan fingerprint density at radius 1 is 0.959 bits per heavy atom. The SMILES string of the molecule is Cc1c(COc2cc(OCc3cncc(C(N)=O)c3)c(CN)cc2Cl)cccc1-c1cccc(OCCCN2CCC(O)(C(=O)O)CC2)c1. The molecule has 3 aromatic carbocycles. The third kappa shape index (κ3) is 9.07. The predicted octanol–water partition coefficient (Wildman–Crippen LogP) is 5.11. The zero-order chi connectivity index (χ0) is 35.0. The average Bonchev–Trinajstić information content (AvgIpc) is 3.10. The maximum Gasteiger partial charge on any atom is 0.335 e. The topological polar surface area (TPSA) is 170 Å². The molecule has 11 nitrogen and oxygen atoms in total. The molecule has 12 heteroatoms. The fraction of sp³-hybridized carbons (Fsp3) is 0.324. The summed E-state index contributed by atoms with van der Waals surface area (Å²) in [4.78, 5) is 29.0. The van der Waals surface area contributed by atoms with Gasteiger partial charge in [0.2, 0.25) is 5.91 Å². The Balaban J connectivity index is 1.19. The van der Waals surface area contributed by atoms with E-state index in [4.69, 9.17) is 37.3 Å². The van der Waals surface area contributed by atoms with Crippen molar-refractivity contribution in [3.63, 3.8) is 0 Å². The van der Waals surface area contributed by atoms with E-state index in [1.54, 1.807) is 24.4 Å². The Morgan fingerprint density at radius 2 is 1.71 bits per heavy atom. The van der Waals surface area contributed by atoms with Gasteiger partial charge in [-0.25, -0.2) is 4.79 Å². The molecule has 49 heavy (non-hydrogen) atoms. The minimum Gasteiger partial charge on any atom is -0.494 e. The second-order valence-corrected chi connectivity index (χ2v) is 12.5. The molecule has 5 rings (SSSR count). The number of nitrogens with zero attached hydrogens (tertiary/aromatic N) is 2. The van der Waals surface area contributed by atoms with Gasteiger partial charge in [0.15, 0.2) is 5.60 Å². The summed E-state index contributed by atoms with van der Waals surface area (Å²) < 4.78 is 18.3. The highest BCUT2D eigenvalue weighted by atomic mass is 35.5. The van der Waals surface area contributed by atoms with Crippen LogP contribution < -0.4 is 25.7 Å². The maximum absolute atomic E-state index is 11.5. The van der Waals surface area contributed by atoms with Crippen molar-refractivity contribution in [1.82, 2.24) is 9.88 Å². The van der Waals surface area contributed by atoms with Crippen molar-refractivity contribution in [3.8, 4) is 28.4 Å². The van der Waals surface area contributed by atoms with Gasteiger partial charge in [0.25, 0.3) is 0 Å². The van der Waals surface area contributed by atoms with E-state index in [9.17, 15) is 19.8 Å². The number of aromatic nitrogens is 1. The zero-order valence-electron chi connectivity index (χ0n) is 27.4. The summed E-state index contributed by atoms with van der Waals surface area (Å²) >= 11 is 6.58. The summed E-state index contributed by atoms with van der Waals surface area (Å²) in [7, 11) is 0. The Labute approximate surface area is 290 Å². The van der Waals surface area contributed by atoms with Crippen LogP contribution in [-0.2, 0) is 24.6 Å². The third-order valence-electron chi connectivity index (χ3n) is 8.75. The Kier molecular flexibility index (Phi) is 11.7. The second kappa shape index (κ2) is 16.1. The van der Waals surface area contributed by atoms with Gasteiger partial charge in [0.1, 0.15) is 30.5 Å². The number of rotatable bonds is 15. The number of carbonyl (C=O) groups is 2. The van der Waals surface area contributed by atoms with Crippen LogP contribution >= 0.6 is 11.6 Å². The number of hydrogen-bond acceptors (Lipinski definition) is 9. The molecule has 0 aliphatic carbocycles. The molecule has 1 amide bonds. The lowest BCUT2D eigenvalue weighted by atomic mass is 9.91. The number of pyridine rings is 1. The van der Waals surface area contributed by atoms with Crippen LogP contribution in [0.1, 0.15) is 51.9 Å². The predicted molar refractivity (Wildman–Crippen MR) is 186 cm³/mol. The van der Waals surface area contributed by atoms with Crippen molar-refractivity contribution in [1.29, 1.82) is 0 Å². The molecule has 0 atom stereocenters. The molecule has 258 valence electrons. The summed E-state index contributed by atoms with van der Waals surface area (Å²) in [5, 5.41) is 19.8. The molecular formula is C37H41ClN4O7. The molecule has 4 aromatic rings. The molecule has 1 saturated heterocycles. The molecule has 0 radical (unpaired) electrons. The molecule has 0 spiro atoms. The average molecular weight is 689 g/mol. The van der Waals surface area contributed by atoms with Crippen LogP contribution in [0.25, 0.3) is 11.1 Å². The highest BCUT2D eigenvalue weighted by molar-refractivity contribution is 6.32. The molecular weight excluding hydrogens is 648 g/mol. The monoisotopic (exact) mass is 688 g/mol. The first-order valence-corrected chi connectivity index (χ1v) is 16.5. The first-order valence-electron chi connectivity index (χ1n) is 16.1. The molecule has 1 fully saturated rings. The number of likely N-dealkylation sites (tertiary alicyclic amines) is 1. The molecule has 0 unspecified atom stereocenters. The van der Waals surface area contributed by atoms with Crippen molar-refractivity contribution in [2.75, 3.05) is 26.2 Å². The van der Waals surface area contributed by atoms with E-state index >= 15 is 0 Å². The number of aliphatic hydroxyl groups is 1. The van der Waals surface area contributed by atoms with Gasteiger partial charge in [-0.3, -0.25) is 9.78 Å². The van der Waals surface area contributed by atoms with Crippen molar-refractivity contribution in [2.24, 2.45) is 11.5 Å². The number of ether oxygens (including phenoxy) is 3. The molecule has 0 saturated carbocycles. The molecule has 1 aromatic heterocycles. The smallest absolute Gasteiger partial charge is 0.335 e. The lowest BCUT2D eigenvalue weighted by molar-refractivity contribution is -0.163. The Morgan fingerprint density at radius 3 is 2.45 bits per heavy atom. The maximum atomic E-state index is 11.5. The van der Waals surface area contributed by atoms with E-state index in [0.717, 1.165) is 41.0 Å². The lowest BCUT2D eigenvalue weighted by Crippen LogP contribution is -2.49. The second-order valence-electron chi connectivity index (χ2n) is 12.1. The van der Waals surface area contributed by atoms with Gasteiger partial charge >= 0.3 is 5.97 Å². The number of primary amides is 1. The van der Waals surface area contributed by atoms with E-state index in [-0.39, 0.29) is 32.6 Å². The fourth-order valence-electron chi connectivity index (χ4n) is 5.74. The van der Waals surface area contributed by atoms with Gasteiger partial charge in [-0.1, -0.05) is 41.9 Å². The molecule has 6 N–H and O–H groups in total. The first kappa shape index (κ1) is 35.6. The number of carboxylic acids is 1. The lowest BCUT2D eigenvalue weighted by Gasteiger charge is -2.35. The summed E-state index contributed by atoms with van der Waals surface area (Å²) in [5.74, 6) is -0.00147. The van der Waals surface area contributed by atoms with Gasteiger partial charge in [-0.05, 0) is 72.7 Å². The van der Waals surface area contributed by atoms with E-state index in [1.165, 1.54) is 6.20 Å². The van der Waals surface area contributed by atoms with Crippen molar-refractivity contribution in [3.05, 3.63) is 106 Å². The molecule has 1 aliphatic heterocycles. The highest BCUT2D eigenvalue weighted by Crippen LogP contribution is 2.35. The largest absolute Gasteiger partial charge is 0.494 e. The number of aliphatic carboxylic acids is 1. The van der Waals surface area contributed by atoms with Crippen LogP contribution in [0.2, 0.25) is 5.02 Å². The number of hydrogen-bond donors (Lipinski definition) is 4. The molecule has 2 heterocycles. The van der Waals surface area contributed by atoms with Gasteiger partial charge in [-0.2, -0.15) is 0 Å². The summed E-state index contributed by atoms with van der Waals surface area (Å²) in [6.45, 7) is 5.04. The minimum absolute atomic E-state index is 0.143. The third-order valence-corrected chi connectivity index (χ3v) is 9.05. The number of carboxylic acid groups (broad SMARTS) is 1. The van der Waals surface area contributed by atoms with Gasteiger partial charge in [0.05, 0.1) is 17.2 Å². The summed E-state index contributed by atoms with van der Waals surface area (Å²) in [6.07, 6.45) is 4.24. The van der Waals surface area contributed by atoms with E-state index in [0.29, 0.717) is 52.9 Å². The van der Waals surface area contributed by atoms with Crippen molar-refractivity contribution in [2.45, 2.75) is 51.5 Å². The van der Waals surface area contributed by atoms with Crippen LogP contribution in [0, 0.1) is 6.92 Å². The number of benzene rings is 3. The number of carbonyl (C=O) groups excluding carboxylic acids is 1. The number of nitrogens with two attached hydrogens (primary N) is 2. The Bertz CT molecular complexity index is 1790. The van der Waals surface area contributed by atoms with Crippen LogP contribution in [0.15, 0.2) is 73.1 Å². The van der Waals surface area contributed by atoms with Crippen LogP contribution in [-0.4, -0.2) is 63.8 Å². The van der Waals surface area contributed by atoms with Crippen molar-refractivity contribution >= 4 is 23.5 Å². The zero-order valence-corrected chi connectivity index (χ0v) is 28.1. The summed E-state index contributed by atoms with van der Waals surface area (Å²) in [6, 6.07) is 19.1. The Hall–Kier alpha value is -4.68. The summed E-state index contributed by atoms with van der Waals surface area (Å²) in [5.41, 5.74) is 15.5. The fourth-order valence-corrected chi connectivity index (χ4v) is 5.98. The first-order chi connectivity index (χ1) is 23.6. The molecule has 1 aliphatic rings. The normalized spacial score (nSPS) is 14.3. The van der Waals surface area contributed by atoms with E-state index < -0.39 is 17.5 Å². The molecule has 0 bridgehead atoms.